The van der Waals surface area contributed by atoms with Gasteiger partial charge in [-0.25, -0.2) is 0 Å². The van der Waals surface area contributed by atoms with Gasteiger partial charge >= 0.3 is 0 Å². The van der Waals surface area contributed by atoms with Crippen LogP contribution in [0.25, 0.3) is 0 Å². The molecule has 2 N–H and O–H groups in total. The monoisotopic (exact) mass is 290 g/mol. The van der Waals surface area contributed by atoms with E-state index in [1.807, 2.05) is 6.07 Å². The molecule has 1 aliphatic heterocycles. The zero-order valence-electron chi connectivity index (χ0n) is 11.7. The Hall–Kier alpha value is -1.46. The molecule has 4 nitrogen and oxygen atoms in total. The number of ketones is 1. The molecule has 1 aromatic carbocycles. The Balaban J connectivity index is 1.75. The number of hydrogen-bond acceptors (Lipinski definition) is 5. The Morgan fingerprint density at radius 3 is 2.75 bits per heavy atom. The maximum absolute atomic E-state index is 11.8. The van der Waals surface area contributed by atoms with Crippen molar-refractivity contribution < 1.29 is 9.63 Å². The molecule has 0 spiro atoms. The second-order valence-corrected chi connectivity index (χ2v) is 6.27. The summed E-state index contributed by atoms with van der Waals surface area (Å²) < 4.78 is 0. The van der Waals surface area contributed by atoms with E-state index in [0.29, 0.717) is 17.6 Å². The van der Waals surface area contributed by atoms with E-state index in [9.17, 15) is 4.79 Å². The van der Waals surface area contributed by atoms with Gasteiger partial charge < -0.3 is 10.2 Å². The van der Waals surface area contributed by atoms with E-state index in [4.69, 9.17) is 4.84 Å². The summed E-state index contributed by atoms with van der Waals surface area (Å²) >= 11 is 1.49. The van der Waals surface area contributed by atoms with Crippen molar-refractivity contribution in [1.82, 2.24) is 5.48 Å². The van der Waals surface area contributed by atoms with Gasteiger partial charge in [-0.05, 0) is 49.9 Å². The molecule has 1 heterocycles. The van der Waals surface area contributed by atoms with Gasteiger partial charge in [-0.3, -0.25) is 4.79 Å². The molecule has 5 heteroatoms. The number of carbonyl (C=O) groups is 1. The van der Waals surface area contributed by atoms with Crippen LogP contribution in [0.4, 0.5) is 5.69 Å². The van der Waals surface area contributed by atoms with Crippen LogP contribution >= 0.6 is 11.8 Å². The zero-order chi connectivity index (χ0) is 14.1. The Labute approximate surface area is 122 Å². The van der Waals surface area contributed by atoms with Gasteiger partial charge in [0, 0.05) is 11.7 Å². The topological polar surface area (TPSA) is 50.4 Å². The van der Waals surface area contributed by atoms with Gasteiger partial charge in [0.1, 0.15) is 5.03 Å². The molecular formula is C15H18N2O2S. The first kappa shape index (κ1) is 13.5. The molecule has 3 rings (SSSR count). The van der Waals surface area contributed by atoms with Gasteiger partial charge in [-0.15, -0.1) is 0 Å². The number of rotatable bonds is 5. The first-order chi connectivity index (χ1) is 9.63. The number of hydroxylamine groups is 1. The van der Waals surface area contributed by atoms with E-state index in [1.165, 1.54) is 22.9 Å². The van der Waals surface area contributed by atoms with E-state index in [-0.39, 0.29) is 5.78 Å². The van der Waals surface area contributed by atoms with Crippen LogP contribution in [0.2, 0.25) is 0 Å². The Bertz CT molecular complexity index is 579. The minimum Gasteiger partial charge on any atom is -0.402 e. The summed E-state index contributed by atoms with van der Waals surface area (Å²) in [6.45, 7) is 4.16. The van der Waals surface area contributed by atoms with E-state index in [2.05, 4.69) is 36.8 Å². The Morgan fingerprint density at radius 2 is 2.05 bits per heavy atom. The number of anilines is 1. The molecule has 2 aliphatic rings. The minimum atomic E-state index is 0.0366. The highest BCUT2D eigenvalue weighted by molar-refractivity contribution is 8.04. The SMILES string of the molecule is Cc1ccc(NC2=C(ONC3CC3)C(=O)CS2)cc1C. The molecule has 1 aliphatic carbocycles. The number of aryl methyl sites for hydroxylation is 2. The molecule has 1 fully saturated rings. The largest absolute Gasteiger partial charge is 0.402 e. The molecule has 0 aromatic heterocycles. The molecule has 0 amide bonds. The van der Waals surface area contributed by atoms with Crippen LogP contribution in [0, 0.1) is 13.8 Å². The standard InChI is InChI=1S/C15H18N2O2S/c1-9-3-4-12(7-10(9)2)16-15-14(13(18)8-20-15)19-17-11-5-6-11/h3-4,7,11,16-17H,5-6,8H2,1-2H3. The average molecular weight is 290 g/mol. The Morgan fingerprint density at radius 1 is 1.25 bits per heavy atom. The summed E-state index contributed by atoms with van der Waals surface area (Å²) in [6.07, 6.45) is 2.24. The van der Waals surface area contributed by atoms with Gasteiger partial charge in [0.2, 0.25) is 11.5 Å². The number of Topliss-reactive ketones (excluding diaryl/α,β-unsaturated/α-hetero) is 1. The summed E-state index contributed by atoms with van der Waals surface area (Å²) in [5.41, 5.74) is 6.40. The van der Waals surface area contributed by atoms with E-state index in [0.717, 1.165) is 23.6 Å². The van der Waals surface area contributed by atoms with Crippen LogP contribution in [0.3, 0.4) is 0 Å². The summed E-state index contributed by atoms with van der Waals surface area (Å²) in [5.74, 6) is 0.893. The lowest BCUT2D eigenvalue weighted by Crippen LogP contribution is -2.20. The number of allylic oxidation sites excluding steroid dienone is 1. The van der Waals surface area contributed by atoms with Crippen molar-refractivity contribution in [2.45, 2.75) is 32.7 Å². The van der Waals surface area contributed by atoms with E-state index in [1.54, 1.807) is 0 Å². The predicted octanol–water partition coefficient (Wildman–Crippen LogP) is 2.88. The fraction of sp³-hybridized carbons (Fsp3) is 0.400. The molecular weight excluding hydrogens is 272 g/mol. The van der Waals surface area contributed by atoms with Crippen molar-refractivity contribution in [3.05, 3.63) is 40.1 Å². The van der Waals surface area contributed by atoms with Crippen LogP contribution < -0.4 is 10.8 Å². The first-order valence-corrected chi connectivity index (χ1v) is 7.79. The van der Waals surface area contributed by atoms with E-state index >= 15 is 0 Å². The highest BCUT2D eigenvalue weighted by Crippen LogP contribution is 2.31. The summed E-state index contributed by atoms with van der Waals surface area (Å²) in [7, 11) is 0. The quantitative estimate of drug-likeness (QED) is 0.817. The van der Waals surface area contributed by atoms with Crippen LogP contribution in [0.1, 0.15) is 24.0 Å². The maximum Gasteiger partial charge on any atom is 0.220 e. The minimum absolute atomic E-state index is 0.0366. The first-order valence-electron chi connectivity index (χ1n) is 6.80. The smallest absolute Gasteiger partial charge is 0.220 e. The van der Waals surface area contributed by atoms with Crippen LogP contribution in [0.15, 0.2) is 29.0 Å². The Kier molecular flexibility index (Phi) is 3.72. The lowest BCUT2D eigenvalue weighted by atomic mass is 10.1. The second kappa shape index (κ2) is 5.50. The summed E-state index contributed by atoms with van der Waals surface area (Å²) in [6, 6.07) is 6.58. The molecule has 20 heavy (non-hydrogen) atoms. The van der Waals surface area contributed by atoms with Crippen molar-refractivity contribution >= 4 is 23.2 Å². The highest BCUT2D eigenvalue weighted by Gasteiger charge is 2.29. The van der Waals surface area contributed by atoms with Crippen molar-refractivity contribution in [1.29, 1.82) is 0 Å². The molecule has 0 saturated heterocycles. The van der Waals surface area contributed by atoms with Crippen molar-refractivity contribution in [3.63, 3.8) is 0 Å². The second-order valence-electron chi connectivity index (χ2n) is 5.29. The van der Waals surface area contributed by atoms with E-state index < -0.39 is 0 Å². The van der Waals surface area contributed by atoms with Crippen molar-refractivity contribution in [2.75, 3.05) is 11.1 Å². The van der Waals surface area contributed by atoms with Crippen LogP contribution in [-0.2, 0) is 9.63 Å². The third-order valence-electron chi connectivity index (χ3n) is 3.48. The lowest BCUT2D eigenvalue weighted by Gasteiger charge is -2.11. The molecule has 1 saturated carbocycles. The number of carbonyl (C=O) groups excluding carboxylic acids is 1. The van der Waals surface area contributed by atoms with Crippen LogP contribution in [-0.4, -0.2) is 17.6 Å². The van der Waals surface area contributed by atoms with Gasteiger partial charge in [0.15, 0.2) is 0 Å². The molecule has 0 unspecified atom stereocenters. The maximum atomic E-state index is 11.8. The molecule has 106 valence electrons. The average Bonchev–Trinajstić information content (AvgIpc) is 3.18. The lowest BCUT2D eigenvalue weighted by molar-refractivity contribution is -0.117. The zero-order valence-corrected chi connectivity index (χ0v) is 12.5. The van der Waals surface area contributed by atoms with Crippen LogP contribution in [0.5, 0.6) is 0 Å². The molecule has 0 radical (unpaired) electrons. The number of thioether (sulfide) groups is 1. The van der Waals surface area contributed by atoms with Crippen molar-refractivity contribution in [3.8, 4) is 0 Å². The van der Waals surface area contributed by atoms with Gasteiger partial charge in [-0.2, -0.15) is 5.48 Å². The van der Waals surface area contributed by atoms with Crippen molar-refractivity contribution in [2.24, 2.45) is 0 Å². The number of hydrogen-bond donors (Lipinski definition) is 2. The van der Waals surface area contributed by atoms with Gasteiger partial charge in [0.25, 0.3) is 0 Å². The summed E-state index contributed by atoms with van der Waals surface area (Å²) in [5, 5.41) is 4.09. The number of benzene rings is 1. The molecule has 1 aromatic rings. The predicted molar refractivity (Wildman–Crippen MR) is 81.3 cm³/mol. The normalized spacial score (nSPS) is 18.6. The fourth-order valence-corrected chi connectivity index (χ4v) is 2.77. The highest BCUT2D eigenvalue weighted by atomic mass is 32.2. The third kappa shape index (κ3) is 2.99. The molecule has 0 bridgehead atoms. The van der Waals surface area contributed by atoms with Gasteiger partial charge in [-0.1, -0.05) is 17.8 Å². The van der Waals surface area contributed by atoms with Gasteiger partial charge in [0.05, 0.1) is 5.75 Å². The number of nitrogens with one attached hydrogen (secondary N) is 2. The molecule has 0 atom stereocenters. The fourth-order valence-electron chi connectivity index (χ4n) is 1.89. The summed E-state index contributed by atoms with van der Waals surface area (Å²) in [4.78, 5) is 17.3. The third-order valence-corrected chi connectivity index (χ3v) is 4.46.